The molecular weight excluding hydrogens is 626 g/mol. The smallest absolute Gasteiger partial charge is 0.143 e. The third-order valence-electron chi connectivity index (χ3n) is 9.75. The molecule has 0 fully saturated rings. The summed E-state index contributed by atoms with van der Waals surface area (Å²) < 4.78 is 10.1. The van der Waals surface area contributed by atoms with Crippen molar-refractivity contribution in [1.29, 1.82) is 0 Å². The van der Waals surface area contributed by atoms with Gasteiger partial charge in [-0.1, -0.05) is 113 Å². The summed E-state index contributed by atoms with van der Waals surface area (Å²) in [6.07, 6.45) is 0. The monoisotopic (exact) mass is 651 g/mol. The number of hydrogen-bond donors (Lipinski definition) is 0. The Labute approximate surface area is 274 Å². The van der Waals surface area contributed by atoms with E-state index in [-0.39, 0.29) is 5.92 Å². The summed E-state index contributed by atoms with van der Waals surface area (Å²) in [6, 6.07) is 55.0. The summed E-state index contributed by atoms with van der Waals surface area (Å²) in [4.78, 5) is 0. The third-order valence-corrected chi connectivity index (χ3v) is 10.3. The van der Waals surface area contributed by atoms with Gasteiger partial charge >= 0.3 is 0 Å². The minimum atomic E-state index is 0.135. The molecule has 7 aromatic carbocycles. The highest BCUT2D eigenvalue weighted by atomic mass is 79.9. The lowest BCUT2D eigenvalue weighted by Gasteiger charge is -2.15. The van der Waals surface area contributed by atoms with Crippen LogP contribution in [0.2, 0.25) is 0 Å². The maximum absolute atomic E-state index is 6.64. The molecule has 0 amide bonds. The summed E-state index contributed by atoms with van der Waals surface area (Å²) in [6.45, 7) is 0. The Kier molecular flexibility index (Phi) is 5.52. The minimum absolute atomic E-state index is 0.135. The number of rotatable bonds is 3. The number of benzene rings is 7. The first kappa shape index (κ1) is 25.9. The number of fused-ring (bicyclic) bond motifs is 10. The first-order valence-corrected chi connectivity index (χ1v) is 16.5. The predicted molar refractivity (Wildman–Crippen MR) is 194 cm³/mol. The standard InChI is InChI=1S/C43H26BrNO/c44-29-18-14-26(15-19-29)41-33-20-16-27(25-37(33)42-35(41)22-21-34-32-11-5-7-13-40(32)46-43(34)42)28-17-23-39-36(24-28)31-10-4-6-12-38(31)45(39)30-8-2-1-3-9-30/h1-25,41H. The maximum atomic E-state index is 6.64. The van der Waals surface area contributed by atoms with Crippen LogP contribution in [0.3, 0.4) is 0 Å². The van der Waals surface area contributed by atoms with E-state index >= 15 is 0 Å². The third kappa shape index (κ3) is 3.70. The highest BCUT2D eigenvalue weighted by Gasteiger charge is 2.33. The summed E-state index contributed by atoms with van der Waals surface area (Å²) >= 11 is 3.64. The van der Waals surface area contributed by atoms with E-state index in [1.54, 1.807) is 0 Å². The lowest BCUT2D eigenvalue weighted by atomic mass is 9.88. The number of hydrogen-bond acceptors (Lipinski definition) is 1. The maximum Gasteiger partial charge on any atom is 0.143 e. The van der Waals surface area contributed by atoms with Gasteiger partial charge in [0.2, 0.25) is 0 Å². The van der Waals surface area contributed by atoms with Crippen molar-refractivity contribution >= 4 is 59.7 Å². The normalized spacial score (nSPS) is 14.0. The fourth-order valence-electron chi connectivity index (χ4n) is 7.72. The van der Waals surface area contributed by atoms with Crippen molar-refractivity contribution in [2.75, 3.05) is 0 Å². The Morgan fingerprint density at radius 3 is 2.09 bits per heavy atom. The van der Waals surface area contributed by atoms with Gasteiger partial charge in [0.1, 0.15) is 11.2 Å². The van der Waals surface area contributed by atoms with Gasteiger partial charge in [0.25, 0.3) is 0 Å². The van der Waals surface area contributed by atoms with Crippen molar-refractivity contribution in [3.63, 3.8) is 0 Å². The van der Waals surface area contributed by atoms with Crippen molar-refractivity contribution in [3.8, 4) is 27.9 Å². The van der Waals surface area contributed by atoms with Crippen LogP contribution in [0.1, 0.15) is 22.6 Å². The molecule has 1 aliphatic carbocycles. The fraction of sp³-hybridized carbons (Fsp3) is 0.0233. The van der Waals surface area contributed by atoms with Crippen LogP contribution in [0, 0.1) is 0 Å². The first-order valence-electron chi connectivity index (χ1n) is 15.7. The quantitative estimate of drug-likeness (QED) is 0.186. The number of aromatic nitrogens is 1. The zero-order valence-electron chi connectivity index (χ0n) is 24.7. The topological polar surface area (TPSA) is 18.1 Å². The lowest BCUT2D eigenvalue weighted by molar-refractivity contribution is 0.670. The van der Waals surface area contributed by atoms with E-state index in [1.807, 2.05) is 6.07 Å². The summed E-state index contributed by atoms with van der Waals surface area (Å²) in [7, 11) is 0. The van der Waals surface area contributed by atoms with E-state index in [9.17, 15) is 0 Å². The van der Waals surface area contributed by atoms with Gasteiger partial charge in [-0.25, -0.2) is 0 Å². The van der Waals surface area contributed by atoms with E-state index in [0.717, 1.165) is 26.4 Å². The molecule has 1 atom stereocenters. The molecule has 0 bridgehead atoms. The Balaban J connectivity index is 1.21. The Hall–Kier alpha value is -5.38. The molecule has 2 nitrogen and oxygen atoms in total. The molecule has 0 aliphatic heterocycles. The Morgan fingerprint density at radius 2 is 1.22 bits per heavy atom. The lowest BCUT2D eigenvalue weighted by Crippen LogP contribution is -1.99. The molecule has 9 aromatic rings. The van der Waals surface area contributed by atoms with Crippen molar-refractivity contribution < 1.29 is 4.42 Å². The second-order valence-corrected chi connectivity index (χ2v) is 13.1. The van der Waals surface area contributed by atoms with Crippen molar-refractivity contribution in [3.05, 3.63) is 173 Å². The van der Waals surface area contributed by atoms with Crippen LogP contribution in [0.4, 0.5) is 0 Å². The second kappa shape index (κ2) is 9.81. The van der Waals surface area contributed by atoms with Gasteiger partial charge in [-0.3, -0.25) is 0 Å². The van der Waals surface area contributed by atoms with Crippen LogP contribution in [-0.4, -0.2) is 4.57 Å². The molecule has 3 heteroatoms. The van der Waals surface area contributed by atoms with E-state index in [4.69, 9.17) is 4.42 Å². The summed E-state index contributed by atoms with van der Waals surface area (Å²) in [5.74, 6) is 0.135. The molecule has 216 valence electrons. The van der Waals surface area contributed by atoms with Gasteiger partial charge in [0.15, 0.2) is 0 Å². The first-order chi connectivity index (χ1) is 22.7. The van der Waals surface area contributed by atoms with Crippen molar-refractivity contribution in [1.82, 2.24) is 4.57 Å². The second-order valence-electron chi connectivity index (χ2n) is 12.2. The fourth-order valence-corrected chi connectivity index (χ4v) is 7.98. The van der Waals surface area contributed by atoms with Crippen molar-refractivity contribution in [2.45, 2.75) is 5.92 Å². The minimum Gasteiger partial charge on any atom is -0.455 e. The highest BCUT2D eigenvalue weighted by molar-refractivity contribution is 9.10. The number of nitrogens with zero attached hydrogens (tertiary/aromatic N) is 1. The summed E-state index contributed by atoms with van der Waals surface area (Å²) in [5.41, 5.74) is 14.2. The average molecular weight is 653 g/mol. The Morgan fingerprint density at radius 1 is 0.522 bits per heavy atom. The zero-order chi connectivity index (χ0) is 30.4. The van der Waals surface area contributed by atoms with Gasteiger partial charge < -0.3 is 8.98 Å². The molecule has 0 N–H and O–H groups in total. The van der Waals surface area contributed by atoms with Gasteiger partial charge in [-0.15, -0.1) is 0 Å². The largest absolute Gasteiger partial charge is 0.455 e. The van der Waals surface area contributed by atoms with Gasteiger partial charge in [-0.05, 0) is 88.0 Å². The number of para-hydroxylation sites is 3. The number of furan rings is 1. The molecular formula is C43H26BrNO. The average Bonchev–Trinajstić information content (AvgIpc) is 3.76. The molecule has 0 saturated heterocycles. The molecule has 2 aromatic heterocycles. The molecule has 2 heterocycles. The molecule has 1 unspecified atom stereocenters. The molecule has 0 saturated carbocycles. The molecule has 0 spiro atoms. The predicted octanol–water partition coefficient (Wildman–Crippen LogP) is 12.3. The summed E-state index contributed by atoms with van der Waals surface area (Å²) in [5, 5.41) is 4.84. The molecule has 46 heavy (non-hydrogen) atoms. The molecule has 0 radical (unpaired) electrons. The Bertz CT molecular complexity index is 2640. The van der Waals surface area contributed by atoms with Crippen LogP contribution >= 0.6 is 15.9 Å². The van der Waals surface area contributed by atoms with E-state index < -0.39 is 0 Å². The van der Waals surface area contributed by atoms with Gasteiger partial charge in [0, 0.05) is 43.2 Å². The van der Waals surface area contributed by atoms with Crippen LogP contribution in [0.25, 0.3) is 71.7 Å². The van der Waals surface area contributed by atoms with E-state index in [0.29, 0.717) is 0 Å². The van der Waals surface area contributed by atoms with E-state index in [2.05, 4.69) is 166 Å². The van der Waals surface area contributed by atoms with Gasteiger partial charge in [0.05, 0.1) is 11.0 Å². The molecule has 1 aliphatic rings. The highest BCUT2D eigenvalue weighted by Crippen LogP contribution is 2.53. The van der Waals surface area contributed by atoms with Crippen LogP contribution in [0.15, 0.2) is 161 Å². The van der Waals surface area contributed by atoms with Gasteiger partial charge in [-0.2, -0.15) is 0 Å². The van der Waals surface area contributed by atoms with Crippen LogP contribution < -0.4 is 0 Å². The SMILES string of the molecule is Brc1ccc(C2c3ccc(-c4ccc5c(c4)c4ccccc4n5-c4ccccc4)cc3-c3c2ccc2c3oc3ccccc32)cc1. The zero-order valence-corrected chi connectivity index (χ0v) is 26.3. The van der Waals surface area contributed by atoms with E-state index in [1.165, 1.54) is 66.4 Å². The van der Waals surface area contributed by atoms with Crippen LogP contribution in [-0.2, 0) is 0 Å². The number of halogens is 1. The van der Waals surface area contributed by atoms with Crippen molar-refractivity contribution in [2.24, 2.45) is 0 Å². The molecule has 10 rings (SSSR count). The van der Waals surface area contributed by atoms with Crippen LogP contribution in [0.5, 0.6) is 0 Å².